The average molecular weight is 446 g/mol. The lowest BCUT2D eigenvalue weighted by Crippen LogP contribution is -2.45. The molecule has 172 valence electrons. The normalized spacial score (nSPS) is 14.9. The molecule has 2 heterocycles. The van der Waals surface area contributed by atoms with Crippen LogP contribution < -0.4 is 14.8 Å². The van der Waals surface area contributed by atoms with Gasteiger partial charge in [0.05, 0.1) is 25.4 Å². The van der Waals surface area contributed by atoms with Gasteiger partial charge in [0.2, 0.25) is 5.91 Å². The summed E-state index contributed by atoms with van der Waals surface area (Å²) in [6.07, 6.45) is 3.46. The Morgan fingerprint density at radius 1 is 1.00 bits per heavy atom. The summed E-state index contributed by atoms with van der Waals surface area (Å²) in [5, 5.41) is 3.36. The third-order valence-electron chi connectivity index (χ3n) is 6.03. The van der Waals surface area contributed by atoms with E-state index in [1.165, 1.54) is 0 Å². The lowest BCUT2D eigenvalue weighted by atomic mass is 9.93. The molecule has 6 heteroatoms. The molecule has 1 N–H and O–H groups in total. The Balaban J connectivity index is 1.65. The number of hydrogen-bond donors (Lipinski definition) is 1. The molecule has 0 unspecified atom stereocenters. The third-order valence-corrected chi connectivity index (χ3v) is 6.03. The molecule has 33 heavy (non-hydrogen) atoms. The third kappa shape index (κ3) is 5.90. The van der Waals surface area contributed by atoms with Crippen LogP contribution in [0.2, 0.25) is 0 Å². The fourth-order valence-electron chi connectivity index (χ4n) is 4.28. The predicted molar refractivity (Wildman–Crippen MR) is 128 cm³/mol. The van der Waals surface area contributed by atoms with Crippen LogP contribution in [0.25, 0.3) is 0 Å². The van der Waals surface area contributed by atoms with E-state index < -0.39 is 0 Å². The molecule has 0 bridgehead atoms. The van der Waals surface area contributed by atoms with Crippen molar-refractivity contribution in [3.63, 3.8) is 0 Å². The highest BCUT2D eigenvalue weighted by atomic mass is 16.5. The highest BCUT2D eigenvalue weighted by molar-refractivity contribution is 5.80. The Morgan fingerprint density at radius 3 is 2.39 bits per heavy atom. The minimum atomic E-state index is -0.307. The molecule has 0 radical (unpaired) electrons. The van der Waals surface area contributed by atoms with Gasteiger partial charge in [-0.05, 0) is 67.9 Å². The van der Waals surface area contributed by atoms with Crippen molar-refractivity contribution < 1.29 is 14.3 Å². The number of carbonyl (C=O) groups is 1. The maximum Gasteiger partial charge on any atom is 0.226 e. The predicted octanol–water partition coefficient (Wildman–Crippen LogP) is 4.09. The van der Waals surface area contributed by atoms with Gasteiger partial charge in [-0.25, -0.2) is 0 Å². The second kappa shape index (κ2) is 11.5. The van der Waals surface area contributed by atoms with Crippen LogP contribution in [0.5, 0.6) is 11.5 Å². The average Bonchev–Trinajstić information content (AvgIpc) is 2.90. The van der Waals surface area contributed by atoms with E-state index in [0.717, 1.165) is 48.7 Å². The SMILES string of the molecule is COc1ccc([C@H](c2ccccn2)N(CCOc2ccccc2)C(=O)C2CCNCC2)cc1. The number of benzene rings is 2. The first kappa shape index (κ1) is 22.8. The van der Waals surface area contributed by atoms with Crippen molar-refractivity contribution in [3.05, 3.63) is 90.3 Å². The maximum atomic E-state index is 13.8. The van der Waals surface area contributed by atoms with E-state index in [0.29, 0.717) is 13.2 Å². The second-order valence-corrected chi connectivity index (χ2v) is 8.15. The van der Waals surface area contributed by atoms with E-state index in [4.69, 9.17) is 9.47 Å². The molecular weight excluding hydrogens is 414 g/mol. The van der Waals surface area contributed by atoms with Crippen LogP contribution in [-0.2, 0) is 4.79 Å². The van der Waals surface area contributed by atoms with Gasteiger partial charge < -0.3 is 19.7 Å². The molecule has 0 aliphatic carbocycles. The Labute approximate surface area is 195 Å². The summed E-state index contributed by atoms with van der Waals surface area (Å²) >= 11 is 0. The number of para-hydroxylation sites is 1. The van der Waals surface area contributed by atoms with Gasteiger partial charge in [0, 0.05) is 12.1 Å². The fraction of sp³-hybridized carbons (Fsp3) is 0.333. The highest BCUT2D eigenvalue weighted by Gasteiger charge is 2.33. The topological polar surface area (TPSA) is 63.7 Å². The fourth-order valence-corrected chi connectivity index (χ4v) is 4.28. The summed E-state index contributed by atoms with van der Waals surface area (Å²) in [4.78, 5) is 20.4. The molecule has 6 nitrogen and oxygen atoms in total. The number of amides is 1. The van der Waals surface area contributed by atoms with Crippen molar-refractivity contribution in [1.82, 2.24) is 15.2 Å². The van der Waals surface area contributed by atoms with Crippen molar-refractivity contribution in [1.29, 1.82) is 0 Å². The molecule has 3 aromatic rings. The van der Waals surface area contributed by atoms with Crippen LogP contribution in [0.4, 0.5) is 0 Å². The number of piperidine rings is 1. The molecule has 0 spiro atoms. The van der Waals surface area contributed by atoms with Crippen molar-refractivity contribution in [2.75, 3.05) is 33.4 Å². The standard InChI is InChI=1S/C27H31N3O3/c1-32-23-12-10-21(11-13-23)26(25-9-5-6-16-29-25)30(27(31)22-14-17-28-18-15-22)19-20-33-24-7-3-2-4-8-24/h2-13,16,22,26,28H,14-15,17-20H2,1H3/t26-/m1/s1. The number of rotatable bonds is 9. The van der Waals surface area contributed by atoms with Gasteiger partial charge in [-0.1, -0.05) is 36.4 Å². The van der Waals surface area contributed by atoms with Gasteiger partial charge in [-0.15, -0.1) is 0 Å². The Bertz CT molecular complexity index is 990. The van der Waals surface area contributed by atoms with Crippen molar-refractivity contribution in [2.45, 2.75) is 18.9 Å². The first-order valence-corrected chi connectivity index (χ1v) is 11.5. The first-order chi connectivity index (χ1) is 16.3. The van der Waals surface area contributed by atoms with Gasteiger partial charge in [-0.3, -0.25) is 9.78 Å². The molecule has 1 amide bonds. The van der Waals surface area contributed by atoms with Crippen LogP contribution in [0.15, 0.2) is 79.0 Å². The molecule has 1 saturated heterocycles. The lowest BCUT2D eigenvalue weighted by molar-refractivity contribution is -0.138. The van der Waals surface area contributed by atoms with Gasteiger partial charge >= 0.3 is 0 Å². The van der Waals surface area contributed by atoms with Gasteiger partial charge in [0.15, 0.2) is 0 Å². The Hall–Kier alpha value is -3.38. The van der Waals surface area contributed by atoms with Crippen molar-refractivity contribution >= 4 is 5.91 Å². The molecular formula is C27H31N3O3. The molecule has 1 atom stereocenters. The summed E-state index contributed by atoms with van der Waals surface area (Å²) < 4.78 is 11.3. The summed E-state index contributed by atoms with van der Waals surface area (Å²) in [7, 11) is 1.65. The van der Waals surface area contributed by atoms with Crippen LogP contribution in [0.1, 0.15) is 30.1 Å². The van der Waals surface area contributed by atoms with Crippen molar-refractivity contribution in [2.24, 2.45) is 5.92 Å². The van der Waals surface area contributed by atoms with E-state index in [9.17, 15) is 4.79 Å². The quantitative estimate of drug-likeness (QED) is 0.538. The van der Waals surface area contributed by atoms with Gasteiger partial charge in [0.1, 0.15) is 18.1 Å². The number of aromatic nitrogens is 1. The zero-order valence-electron chi connectivity index (χ0n) is 19.0. The second-order valence-electron chi connectivity index (χ2n) is 8.15. The minimum Gasteiger partial charge on any atom is -0.497 e. The number of methoxy groups -OCH3 is 1. The molecule has 0 saturated carbocycles. The number of nitrogens with one attached hydrogen (secondary N) is 1. The van der Waals surface area contributed by atoms with E-state index in [1.54, 1.807) is 13.3 Å². The number of hydrogen-bond acceptors (Lipinski definition) is 5. The highest BCUT2D eigenvalue weighted by Crippen LogP contribution is 2.31. The molecule has 1 aliphatic heterocycles. The first-order valence-electron chi connectivity index (χ1n) is 11.5. The zero-order valence-corrected chi connectivity index (χ0v) is 19.0. The van der Waals surface area contributed by atoms with Crippen LogP contribution in [0.3, 0.4) is 0 Å². The van der Waals surface area contributed by atoms with E-state index in [-0.39, 0.29) is 17.9 Å². The number of ether oxygens (including phenoxy) is 2. The number of carbonyl (C=O) groups excluding carboxylic acids is 1. The summed E-state index contributed by atoms with van der Waals surface area (Å²) in [5.41, 5.74) is 1.83. The van der Waals surface area contributed by atoms with Crippen LogP contribution in [0, 0.1) is 5.92 Å². The van der Waals surface area contributed by atoms with E-state index in [1.807, 2.05) is 77.7 Å². The van der Waals surface area contributed by atoms with E-state index in [2.05, 4.69) is 10.3 Å². The van der Waals surface area contributed by atoms with Crippen LogP contribution in [-0.4, -0.2) is 49.1 Å². The molecule has 1 aliphatic rings. The molecule has 4 rings (SSSR count). The van der Waals surface area contributed by atoms with Gasteiger partial charge in [-0.2, -0.15) is 0 Å². The number of pyridine rings is 1. The summed E-state index contributed by atoms with van der Waals surface area (Å²) in [6, 6.07) is 23.1. The Kier molecular flexibility index (Phi) is 7.93. The largest absolute Gasteiger partial charge is 0.497 e. The monoisotopic (exact) mass is 445 g/mol. The number of nitrogens with zero attached hydrogens (tertiary/aromatic N) is 2. The minimum absolute atomic E-state index is 0.00700. The van der Waals surface area contributed by atoms with Crippen molar-refractivity contribution in [3.8, 4) is 11.5 Å². The smallest absolute Gasteiger partial charge is 0.226 e. The summed E-state index contributed by atoms with van der Waals surface area (Å²) in [6.45, 7) is 2.59. The lowest BCUT2D eigenvalue weighted by Gasteiger charge is -2.35. The zero-order chi connectivity index (χ0) is 22.9. The maximum absolute atomic E-state index is 13.8. The van der Waals surface area contributed by atoms with Crippen LogP contribution >= 0.6 is 0 Å². The molecule has 1 aromatic heterocycles. The Morgan fingerprint density at radius 2 is 1.73 bits per heavy atom. The molecule has 2 aromatic carbocycles. The molecule has 1 fully saturated rings. The van der Waals surface area contributed by atoms with E-state index >= 15 is 0 Å². The van der Waals surface area contributed by atoms with Gasteiger partial charge in [0.25, 0.3) is 0 Å². The summed E-state index contributed by atoms with van der Waals surface area (Å²) in [5.74, 6) is 1.72.